The Morgan fingerprint density at radius 2 is 1.58 bits per heavy atom. The van der Waals surface area contributed by atoms with Gasteiger partial charge in [-0.1, -0.05) is 66.2 Å². The number of rotatable bonds is 2. The maximum absolute atomic E-state index is 6.47. The molecule has 3 aromatic rings. The van der Waals surface area contributed by atoms with Gasteiger partial charge in [0.2, 0.25) is 0 Å². The highest BCUT2D eigenvalue weighted by Gasteiger charge is 2.28. The molecule has 120 valence electrons. The lowest BCUT2D eigenvalue weighted by molar-refractivity contribution is 0.238. The van der Waals surface area contributed by atoms with Crippen LogP contribution in [0.1, 0.15) is 33.9 Å². The van der Waals surface area contributed by atoms with Crippen molar-refractivity contribution in [1.29, 1.82) is 0 Å². The fourth-order valence-corrected chi connectivity index (χ4v) is 3.64. The standard InChI is InChI=1S/C23H22O/c1-15-11-12-17(3)21(13-15)22-14-18-8-6-10-20(23(18)24-22)19-9-5-4-7-16(19)2/h4-13,22H,14H2,1-3H3. The topological polar surface area (TPSA) is 9.23 Å². The summed E-state index contributed by atoms with van der Waals surface area (Å²) in [6, 6.07) is 21.7. The van der Waals surface area contributed by atoms with Crippen LogP contribution in [0, 0.1) is 20.8 Å². The number of benzene rings is 3. The van der Waals surface area contributed by atoms with Crippen LogP contribution in [0.3, 0.4) is 0 Å². The SMILES string of the molecule is Cc1ccc(C)c(C2Cc3cccc(-c4ccccc4C)c3O2)c1. The minimum atomic E-state index is 0.116. The molecule has 3 aromatic carbocycles. The fraction of sp³-hybridized carbons (Fsp3) is 0.217. The number of fused-ring (bicyclic) bond motifs is 1. The molecular formula is C23H22O. The fourth-order valence-electron chi connectivity index (χ4n) is 3.64. The van der Waals surface area contributed by atoms with Crippen molar-refractivity contribution in [2.45, 2.75) is 33.3 Å². The summed E-state index contributed by atoms with van der Waals surface area (Å²) in [6.07, 6.45) is 1.06. The van der Waals surface area contributed by atoms with E-state index in [9.17, 15) is 0 Å². The van der Waals surface area contributed by atoms with Crippen LogP contribution in [-0.4, -0.2) is 0 Å². The Hall–Kier alpha value is -2.54. The van der Waals surface area contributed by atoms with E-state index in [1.165, 1.54) is 38.9 Å². The number of aryl methyl sites for hydroxylation is 3. The summed E-state index contributed by atoms with van der Waals surface area (Å²) in [4.78, 5) is 0. The first-order valence-electron chi connectivity index (χ1n) is 8.55. The van der Waals surface area contributed by atoms with Crippen molar-refractivity contribution in [3.8, 4) is 16.9 Å². The van der Waals surface area contributed by atoms with Gasteiger partial charge in [0.25, 0.3) is 0 Å². The van der Waals surface area contributed by atoms with Crippen LogP contribution in [0.2, 0.25) is 0 Å². The molecule has 0 N–H and O–H groups in total. The van der Waals surface area contributed by atoms with Crippen LogP contribution in [-0.2, 0) is 6.42 Å². The van der Waals surface area contributed by atoms with Crippen molar-refractivity contribution < 1.29 is 4.74 Å². The van der Waals surface area contributed by atoms with Crippen molar-refractivity contribution in [3.05, 3.63) is 88.5 Å². The molecule has 0 saturated heterocycles. The van der Waals surface area contributed by atoms with E-state index in [1.807, 2.05) is 0 Å². The first-order valence-corrected chi connectivity index (χ1v) is 8.55. The van der Waals surface area contributed by atoms with Gasteiger partial charge >= 0.3 is 0 Å². The highest BCUT2D eigenvalue weighted by Crippen LogP contribution is 2.44. The number of hydrogen-bond acceptors (Lipinski definition) is 1. The summed E-state index contributed by atoms with van der Waals surface area (Å²) in [7, 11) is 0. The molecule has 1 aliphatic rings. The van der Waals surface area contributed by atoms with E-state index in [4.69, 9.17) is 4.74 Å². The zero-order valence-corrected chi connectivity index (χ0v) is 14.5. The first kappa shape index (κ1) is 15.0. The van der Waals surface area contributed by atoms with E-state index in [-0.39, 0.29) is 6.10 Å². The normalized spacial score (nSPS) is 15.9. The summed E-state index contributed by atoms with van der Waals surface area (Å²) in [5, 5.41) is 0. The quantitative estimate of drug-likeness (QED) is 0.567. The lowest BCUT2D eigenvalue weighted by atomic mass is 9.95. The molecule has 1 atom stereocenters. The molecule has 0 saturated carbocycles. The lowest BCUT2D eigenvalue weighted by Crippen LogP contribution is -2.05. The van der Waals surface area contributed by atoms with E-state index >= 15 is 0 Å². The Morgan fingerprint density at radius 1 is 0.792 bits per heavy atom. The van der Waals surface area contributed by atoms with Gasteiger partial charge in [-0.15, -0.1) is 0 Å². The molecule has 1 heterocycles. The maximum atomic E-state index is 6.47. The third kappa shape index (κ3) is 2.50. The monoisotopic (exact) mass is 314 g/mol. The summed E-state index contributed by atoms with van der Waals surface area (Å²) in [5.41, 5.74) is 8.95. The summed E-state index contributed by atoms with van der Waals surface area (Å²) in [6.45, 7) is 6.47. The van der Waals surface area contributed by atoms with E-state index in [0.717, 1.165) is 12.2 Å². The largest absolute Gasteiger partial charge is 0.484 e. The summed E-state index contributed by atoms with van der Waals surface area (Å²) >= 11 is 0. The molecule has 0 aliphatic carbocycles. The molecule has 0 radical (unpaired) electrons. The highest BCUT2D eigenvalue weighted by molar-refractivity contribution is 5.75. The van der Waals surface area contributed by atoms with Crippen LogP contribution < -0.4 is 4.74 Å². The van der Waals surface area contributed by atoms with E-state index < -0.39 is 0 Å². The van der Waals surface area contributed by atoms with Gasteiger partial charge in [0.05, 0.1) is 0 Å². The minimum Gasteiger partial charge on any atom is -0.484 e. The zero-order valence-electron chi connectivity index (χ0n) is 14.5. The molecule has 0 bridgehead atoms. The minimum absolute atomic E-state index is 0.116. The van der Waals surface area contributed by atoms with E-state index in [0.29, 0.717) is 0 Å². The predicted molar refractivity (Wildman–Crippen MR) is 99.6 cm³/mol. The molecule has 0 spiro atoms. The van der Waals surface area contributed by atoms with Gasteiger partial charge in [0, 0.05) is 12.0 Å². The second-order valence-electron chi connectivity index (χ2n) is 6.78. The van der Waals surface area contributed by atoms with Crippen molar-refractivity contribution in [2.75, 3.05) is 0 Å². The average Bonchev–Trinajstić information content (AvgIpc) is 3.01. The zero-order chi connectivity index (χ0) is 16.7. The summed E-state index contributed by atoms with van der Waals surface area (Å²) < 4.78 is 6.47. The van der Waals surface area contributed by atoms with Crippen molar-refractivity contribution >= 4 is 0 Å². The van der Waals surface area contributed by atoms with Gasteiger partial charge in [0.1, 0.15) is 11.9 Å². The Kier molecular flexibility index (Phi) is 3.65. The summed E-state index contributed by atoms with van der Waals surface area (Å²) in [5.74, 6) is 1.05. The van der Waals surface area contributed by atoms with E-state index in [2.05, 4.69) is 81.4 Å². The highest BCUT2D eigenvalue weighted by atomic mass is 16.5. The molecule has 0 amide bonds. The van der Waals surface area contributed by atoms with Crippen LogP contribution in [0.4, 0.5) is 0 Å². The van der Waals surface area contributed by atoms with Crippen LogP contribution >= 0.6 is 0 Å². The third-order valence-electron chi connectivity index (χ3n) is 4.98. The molecule has 1 aliphatic heterocycles. The molecule has 0 aromatic heterocycles. The van der Waals surface area contributed by atoms with Crippen molar-refractivity contribution in [3.63, 3.8) is 0 Å². The Labute approximate surface area is 143 Å². The third-order valence-corrected chi connectivity index (χ3v) is 4.98. The van der Waals surface area contributed by atoms with Gasteiger partial charge in [-0.2, -0.15) is 0 Å². The Balaban J connectivity index is 1.77. The first-order chi connectivity index (χ1) is 11.6. The van der Waals surface area contributed by atoms with Gasteiger partial charge in [0.15, 0.2) is 0 Å². The van der Waals surface area contributed by atoms with Gasteiger partial charge in [-0.05, 0) is 48.6 Å². The van der Waals surface area contributed by atoms with Crippen LogP contribution in [0.15, 0.2) is 60.7 Å². The van der Waals surface area contributed by atoms with Crippen LogP contribution in [0.25, 0.3) is 11.1 Å². The molecule has 1 unspecified atom stereocenters. The number of ether oxygens (including phenoxy) is 1. The average molecular weight is 314 g/mol. The molecule has 4 rings (SSSR count). The second kappa shape index (κ2) is 5.83. The molecule has 24 heavy (non-hydrogen) atoms. The van der Waals surface area contributed by atoms with Crippen molar-refractivity contribution in [1.82, 2.24) is 0 Å². The maximum Gasteiger partial charge on any atom is 0.131 e. The molecule has 1 nitrogen and oxygen atoms in total. The Bertz CT molecular complexity index is 908. The number of para-hydroxylation sites is 1. The Morgan fingerprint density at radius 3 is 2.42 bits per heavy atom. The lowest BCUT2D eigenvalue weighted by Gasteiger charge is -2.16. The van der Waals surface area contributed by atoms with Crippen LogP contribution in [0.5, 0.6) is 5.75 Å². The van der Waals surface area contributed by atoms with Gasteiger partial charge in [-0.3, -0.25) is 0 Å². The predicted octanol–water partition coefficient (Wildman–Crippen LogP) is 5.96. The molecular weight excluding hydrogens is 292 g/mol. The van der Waals surface area contributed by atoms with Gasteiger partial charge in [-0.25, -0.2) is 0 Å². The smallest absolute Gasteiger partial charge is 0.131 e. The molecule has 1 heteroatoms. The van der Waals surface area contributed by atoms with E-state index in [1.54, 1.807) is 0 Å². The second-order valence-corrected chi connectivity index (χ2v) is 6.78. The number of hydrogen-bond donors (Lipinski definition) is 0. The van der Waals surface area contributed by atoms with Gasteiger partial charge < -0.3 is 4.74 Å². The van der Waals surface area contributed by atoms with Crippen molar-refractivity contribution in [2.24, 2.45) is 0 Å². The molecule has 0 fully saturated rings.